The van der Waals surface area contributed by atoms with Crippen LogP contribution in [-0.4, -0.2) is 41.1 Å². The van der Waals surface area contributed by atoms with Gasteiger partial charge in [0.25, 0.3) is 20.0 Å². The molecule has 0 radical (unpaired) electrons. The van der Waals surface area contributed by atoms with Gasteiger partial charge < -0.3 is 5.11 Å². The number of para-hydroxylation sites is 2. The lowest BCUT2D eigenvalue weighted by atomic mass is 10.1. The van der Waals surface area contributed by atoms with Crippen molar-refractivity contribution in [1.82, 2.24) is 0 Å². The lowest BCUT2D eigenvalue weighted by Crippen LogP contribution is -2.54. The van der Waals surface area contributed by atoms with Crippen molar-refractivity contribution in [3.8, 4) is 0 Å². The Morgan fingerprint density at radius 3 is 1.72 bits per heavy atom. The molecule has 7 nitrogen and oxygen atoms in total. The molecule has 0 saturated carbocycles. The van der Waals surface area contributed by atoms with E-state index < -0.39 is 32.7 Å². The molecule has 1 heterocycles. The summed E-state index contributed by atoms with van der Waals surface area (Å²) in [5, 5.41) is 10.1. The zero-order valence-corrected chi connectivity index (χ0v) is 19.3. The predicted molar refractivity (Wildman–Crippen MR) is 124 cm³/mol. The van der Waals surface area contributed by atoms with Crippen LogP contribution in [0.4, 0.5) is 11.4 Å². The zero-order chi connectivity index (χ0) is 23.1. The van der Waals surface area contributed by atoms with E-state index in [0.29, 0.717) is 0 Å². The minimum absolute atomic E-state index is 0.0752. The average molecular weight is 473 g/mol. The SMILES string of the molecule is Cc1ccc(S(=O)(=O)N2C[C@@H](CO)N(S(=O)(=O)c3ccc(C)cc3)c3ccccc32)cc1. The van der Waals surface area contributed by atoms with E-state index in [0.717, 1.165) is 15.4 Å². The second-order valence-electron chi connectivity index (χ2n) is 7.79. The number of hydrogen-bond donors (Lipinski definition) is 1. The van der Waals surface area contributed by atoms with E-state index in [-0.39, 0.29) is 27.7 Å². The summed E-state index contributed by atoms with van der Waals surface area (Å²) in [5.74, 6) is 0. The van der Waals surface area contributed by atoms with Crippen molar-refractivity contribution in [1.29, 1.82) is 0 Å². The largest absolute Gasteiger partial charge is 0.394 e. The fraction of sp³-hybridized carbons (Fsp3) is 0.217. The molecule has 3 aromatic rings. The van der Waals surface area contributed by atoms with Crippen LogP contribution in [0, 0.1) is 13.8 Å². The van der Waals surface area contributed by atoms with Crippen molar-refractivity contribution in [3.05, 3.63) is 83.9 Å². The van der Waals surface area contributed by atoms with Crippen LogP contribution >= 0.6 is 0 Å². The predicted octanol–water partition coefficient (Wildman–Crippen LogP) is 3.07. The molecule has 0 aliphatic carbocycles. The molecule has 0 aromatic heterocycles. The van der Waals surface area contributed by atoms with Gasteiger partial charge in [-0.05, 0) is 50.2 Å². The van der Waals surface area contributed by atoms with Crippen LogP contribution < -0.4 is 8.61 Å². The fourth-order valence-corrected chi connectivity index (χ4v) is 6.93. The highest BCUT2D eigenvalue weighted by Gasteiger charge is 2.42. The standard InChI is InChI=1S/C23H24N2O5S2/c1-17-7-11-20(12-8-17)31(27,28)24-15-19(16-26)25(23-6-4-3-5-22(23)24)32(29,30)21-13-9-18(2)10-14-21/h3-14,19,26H,15-16H2,1-2H3/t19-/m0/s1. The number of nitrogens with zero attached hydrogens (tertiary/aromatic N) is 2. The first kappa shape index (κ1) is 22.3. The van der Waals surface area contributed by atoms with Gasteiger partial charge in [-0.2, -0.15) is 0 Å². The Labute approximate surface area is 188 Å². The summed E-state index contributed by atoms with van der Waals surface area (Å²) >= 11 is 0. The third kappa shape index (κ3) is 3.76. The first-order valence-electron chi connectivity index (χ1n) is 10.1. The molecule has 1 atom stereocenters. The molecule has 1 N–H and O–H groups in total. The first-order valence-corrected chi connectivity index (χ1v) is 12.9. The van der Waals surface area contributed by atoms with E-state index in [1.807, 2.05) is 13.8 Å². The van der Waals surface area contributed by atoms with Gasteiger partial charge in [-0.25, -0.2) is 16.8 Å². The average Bonchev–Trinajstić information content (AvgIpc) is 2.78. The van der Waals surface area contributed by atoms with Crippen molar-refractivity contribution < 1.29 is 21.9 Å². The summed E-state index contributed by atoms with van der Waals surface area (Å²) in [6.07, 6.45) is 0. The van der Waals surface area contributed by atoms with Crippen molar-refractivity contribution in [2.45, 2.75) is 29.7 Å². The smallest absolute Gasteiger partial charge is 0.264 e. The fourth-order valence-electron chi connectivity index (χ4n) is 3.77. The highest BCUT2D eigenvalue weighted by atomic mass is 32.2. The van der Waals surface area contributed by atoms with E-state index in [2.05, 4.69) is 0 Å². The van der Waals surface area contributed by atoms with Gasteiger partial charge in [0.15, 0.2) is 0 Å². The molecule has 4 rings (SSSR count). The molecule has 168 valence electrons. The maximum absolute atomic E-state index is 13.5. The van der Waals surface area contributed by atoms with Gasteiger partial charge in [-0.15, -0.1) is 0 Å². The molecule has 0 saturated heterocycles. The molecule has 0 unspecified atom stereocenters. The van der Waals surface area contributed by atoms with Crippen molar-refractivity contribution in [3.63, 3.8) is 0 Å². The first-order chi connectivity index (χ1) is 15.2. The second kappa shape index (κ2) is 8.23. The lowest BCUT2D eigenvalue weighted by Gasteiger charge is -2.42. The van der Waals surface area contributed by atoms with Crippen LogP contribution in [0.15, 0.2) is 82.6 Å². The molecule has 1 aliphatic rings. The number of rotatable bonds is 5. The van der Waals surface area contributed by atoms with Gasteiger partial charge in [0.1, 0.15) is 0 Å². The van der Waals surface area contributed by atoms with Crippen molar-refractivity contribution >= 4 is 31.4 Å². The molecule has 3 aromatic carbocycles. The van der Waals surface area contributed by atoms with Gasteiger partial charge in [0.2, 0.25) is 0 Å². The Kier molecular flexibility index (Phi) is 5.74. The number of hydrogen-bond acceptors (Lipinski definition) is 5. The summed E-state index contributed by atoms with van der Waals surface area (Å²) in [6, 6.07) is 18.3. The zero-order valence-electron chi connectivity index (χ0n) is 17.7. The van der Waals surface area contributed by atoms with Crippen LogP contribution in [-0.2, 0) is 20.0 Å². The van der Waals surface area contributed by atoms with Gasteiger partial charge in [0.05, 0.1) is 40.4 Å². The van der Waals surface area contributed by atoms with Gasteiger partial charge in [-0.1, -0.05) is 47.5 Å². The summed E-state index contributed by atoms with van der Waals surface area (Å²) < 4.78 is 56.3. The number of aliphatic hydroxyl groups is 1. The van der Waals surface area contributed by atoms with E-state index >= 15 is 0 Å². The summed E-state index contributed by atoms with van der Waals surface area (Å²) in [6.45, 7) is 2.97. The summed E-state index contributed by atoms with van der Waals surface area (Å²) in [5.41, 5.74) is 2.28. The lowest BCUT2D eigenvalue weighted by molar-refractivity contribution is 0.268. The van der Waals surface area contributed by atoms with Crippen LogP contribution in [0.1, 0.15) is 11.1 Å². The highest BCUT2D eigenvalue weighted by molar-refractivity contribution is 7.93. The van der Waals surface area contributed by atoms with Gasteiger partial charge in [0, 0.05) is 0 Å². The van der Waals surface area contributed by atoms with E-state index in [1.54, 1.807) is 48.5 Å². The molecule has 1 aliphatic heterocycles. The second-order valence-corrected chi connectivity index (χ2v) is 11.5. The minimum Gasteiger partial charge on any atom is -0.394 e. The molecule has 0 amide bonds. The van der Waals surface area contributed by atoms with Crippen molar-refractivity contribution in [2.24, 2.45) is 0 Å². The van der Waals surface area contributed by atoms with Crippen molar-refractivity contribution in [2.75, 3.05) is 21.8 Å². The number of fused-ring (bicyclic) bond motifs is 1. The van der Waals surface area contributed by atoms with Gasteiger partial charge in [-0.3, -0.25) is 8.61 Å². The third-order valence-electron chi connectivity index (χ3n) is 5.49. The maximum atomic E-state index is 13.5. The molecule has 0 fully saturated rings. The maximum Gasteiger partial charge on any atom is 0.264 e. The Morgan fingerprint density at radius 2 is 1.22 bits per heavy atom. The Hall–Kier alpha value is -2.88. The minimum atomic E-state index is -4.04. The number of anilines is 2. The monoisotopic (exact) mass is 472 g/mol. The molecule has 0 spiro atoms. The van der Waals surface area contributed by atoms with E-state index in [1.165, 1.54) is 28.6 Å². The highest BCUT2D eigenvalue weighted by Crippen LogP contribution is 2.41. The molecule has 9 heteroatoms. The van der Waals surface area contributed by atoms with E-state index in [9.17, 15) is 21.9 Å². The molecular formula is C23H24N2O5S2. The Balaban J connectivity index is 1.86. The number of sulfonamides is 2. The Morgan fingerprint density at radius 1 is 0.750 bits per heavy atom. The number of aryl methyl sites for hydroxylation is 2. The van der Waals surface area contributed by atoms with E-state index in [4.69, 9.17) is 0 Å². The third-order valence-corrected chi connectivity index (χ3v) is 9.17. The van der Waals surface area contributed by atoms with Gasteiger partial charge >= 0.3 is 0 Å². The van der Waals surface area contributed by atoms with Crippen LogP contribution in [0.5, 0.6) is 0 Å². The molecule has 32 heavy (non-hydrogen) atoms. The quantitative estimate of drug-likeness (QED) is 0.616. The number of aliphatic hydroxyl groups excluding tert-OH is 1. The number of benzene rings is 3. The van der Waals surface area contributed by atoms with Crippen LogP contribution in [0.2, 0.25) is 0 Å². The normalized spacial score (nSPS) is 16.7. The molecule has 0 bridgehead atoms. The summed E-state index contributed by atoms with van der Waals surface area (Å²) in [7, 11) is -8.01. The Bertz CT molecular complexity index is 1340. The van der Waals surface area contributed by atoms with Crippen LogP contribution in [0.3, 0.4) is 0 Å². The van der Waals surface area contributed by atoms with Crippen LogP contribution in [0.25, 0.3) is 0 Å². The summed E-state index contributed by atoms with van der Waals surface area (Å²) in [4.78, 5) is 0.177. The topological polar surface area (TPSA) is 95.0 Å². The molecular weight excluding hydrogens is 448 g/mol.